The van der Waals surface area contributed by atoms with E-state index < -0.39 is 5.97 Å². The fourth-order valence-corrected chi connectivity index (χ4v) is 3.35. The van der Waals surface area contributed by atoms with Crippen LogP contribution in [-0.4, -0.2) is 31.6 Å². The van der Waals surface area contributed by atoms with E-state index in [9.17, 15) is 9.59 Å². The molecular weight excluding hydrogens is 328 g/mol. The average Bonchev–Trinajstić information content (AvgIpc) is 2.65. The summed E-state index contributed by atoms with van der Waals surface area (Å²) in [5.74, 6) is -0.516. The summed E-state index contributed by atoms with van der Waals surface area (Å²) in [5.41, 5.74) is 4.36. The Morgan fingerprint density at radius 1 is 1.23 bits per heavy atom. The summed E-state index contributed by atoms with van der Waals surface area (Å²) in [6.07, 6.45) is 2.07. The minimum absolute atomic E-state index is 0.0985. The predicted octanol–water partition coefficient (Wildman–Crippen LogP) is 3.56. The highest BCUT2D eigenvalue weighted by molar-refractivity contribution is 5.97. The van der Waals surface area contributed by atoms with Crippen molar-refractivity contribution in [2.75, 3.05) is 23.9 Å². The van der Waals surface area contributed by atoms with Gasteiger partial charge < -0.3 is 15.0 Å². The quantitative estimate of drug-likeness (QED) is 0.855. The highest BCUT2D eigenvalue weighted by Crippen LogP contribution is 2.30. The van der Waals surface area contributed by atoms with Crippen LogP contribution in [-0.2, 0) is 16.0 Å². The van der Waals surface area contributed by atoms with Gasteiger partial charge in [0.2, 0.25) is 5.91 Å². The molecule has 1 atom stereocenters. The lowest BCUT2D eigenvalue weighted by Gasteiger charge is -2.36. The van der Waals surface area contributed by atoms with E-state index in [4.69, 9.17) is 4.74 Å². The molecule has 2 aromatic carbocycles. The van der Waals surface area contributed by atoms with Crippen LogP contribution in [0.4, 0.5) is 11.4 Å². The molecule has 1 N–H and O–H groups in total. The fourth-order valence-electron chi connectivity index (χ4n) is 3.35. The Hall–Kier alpha value is -2.82. The normalized spacial score (nSPS) is 16.0. The molecule has 136 valence electrons. The second-order valence-electron chi connectivity index (χ2n) is 6.71. The van der Waals surface area contributed by atoms with Crippen LogP contribution in [0.1, 0.15) is 34.8 Å². The number of amides is 1. The number of para-hydroxylation sites is 1. The third-order valence-electron chi connectivity index (χ3n) is 4.91. The zero-order valence-corrected chi connectivity index (χ0v) is 15.4. The van der Waals surface area contributed by atoms with E-state index in [1.165, 1.54) is 12.7 Å². The summed E-state index contributed by atoms with van der Waals surface area (Å²) in [7, 11) is 1.34. The van der Waals surface area contributed by atoms with E-state index in [-0.39, 0.29) is 12.5 Å². The number of hydrogen-bond donors (Lipinski definition) is 1. The molecule has 3 rings (SSSR count). The molecule has 0 unspecified atom stereocenters. The number of nitrogens with one attached hydrogen (secondary N) is 1. The SMILES string of the molecule is COC(=O)c1ccc(C)c(NC(=O)CN2c3ccccc3CC[C@@H]2C)c1. The number of ether oxygens (including phenoxy) is 1. The van der Waals surface area contributed by atoms with Crippen molar-refractivity contribution in [2.24, 2.45) is 0 Å². The van der Waals surface area contributed by atoms with Crippen molar-refractivity contribution >= 4 is 23.3 Å². The Bertz CT molecular complexity index is 832. The molecule has 0 aliphatic carbocycles. The van der Waals surface area contributed by atoms with Gasteiger partial charge in [-0.3, -0.25) is 4.79 Å². The molecule has 0 spiro atoms. The largest absolute Gasteiger partial charge is 0.465 e. The maximum Gasteiger partial charge on any atom is 0.337 e. The number of carbonyl (C=O) groups excluding carboxylic acids is 2. The van der Waals surface area contributed by atoms with Crippen LogP contribution in [0.2, 0.25) is 0 Å². The monoisotopic (exact) mass is 352 g/mol. The van der Waals surface area contributed by atoms with Crippen LogP contribution < -0.4 is 10.2 Å². The molecular formula is C21H24N2O3. The Balaban J connectivity index is 1.76. The highest BCUT2D eigenvalue weighted by Gasteiger charge is 2.24. The predicted molar refractivity (Wildman–Crippen MR) is 103 cm³/mol. The van der Waals surface area contributed by atoms with Crippen LogP contribution in [0.5, 0.6) is 0 Å². The van der Waals surface area contributed by atoms with Gasteiger partial charge in [-0.25, -0.2) is 4.79 Å². The number of esters is 1. The van der Waals surface area contributed by atoms with Gasteiger partial charge in [0.25, 0.3) is 0 Å². The zero-order valence-electron chi connectivity index (χ0n) is 15.4. The van der Waals surface area contributed by atoms with Gasteiger partial charge in [0, 0.05) is 17.4 Å². The minimum atomic E-state index is -0.418. The number of hydrogen-bond acceptors (Lipinski definition) is 4. The van der Waals surface area contributed by atoms with Gasteiger partial charge in [0.05, 0.1) is 19.2 Å². The summed E-state index contributed by atoms with van der Waals surface area (Å²) in [6.45, 7) is 4.32. The minimum Gasteiger partial charge on any atom is -0.465 e. The summed E-state index contributed by atoms with van der Waals surface area (Å²) < 4.78 is 4.75. The van der Waals surface area contributed by atoms with Gasteiger partial charge in [-0.2, -0.15) is 0 Å². The molecule has 5 heteroatoms. The Kier molecular flexibility index (Phi) is 5.26. The Labute approximate surface area is 154 Å². The van der Waals surface area contributed by atoms with E-state index in [2.05, 4.69) is 29.3 Å². The van der Waals surface area contributed by atoms with E-state index >= 15 is 0 Å². The molecule has 1 aliphatic rings. The van der Waals surface area contributed by atoms with Crippen molar-refractivity contribution in [1.82, 2.24) is 0 Å². The molecule has 0 radical (unpaired) electrons. The van der Waals surface area contributed by atoms with E-state index in [1.807, 2.05) is 19.1 Å². The van der Waals surface area contributed by atoms with Gasteiger partial charge >= 0.3 is 5.97 Å². The lowest BCUT2D eigenvalue weighted by Crippen LogP contribution is -2.42. The second kappa shape index (κ2) is 7.60. The molecule has 26 heavy (non-hydrogen) atoms. The lowest BCUT2D eigenvalue weighted by molar-refractivity contribution is -0.115. The maximum atomic E-state index is 12.7. The summed E-state index contributed by atoms with van der Waals surface area (Å²) in [5, 5.41) is 2.94. The number of carbonyl (C=O) groups is 2. The fraction of sp³-hybridized carbons (Fsp3) is 0.333. The first-order chi connectivity index (χ1) is 12.5. The molecule has 0 fully saturated rings. The number of benzene rings is 2. The lowest BCUT2D eigenvalue weighted by atomic mass is 9.96. The van der Waals surface area contributed by atoms with E-state index in [0.29, 0.717) is 17.3 Å². The molecule has 0 saturated carbocycles. The Morgan fingerprint density at radius 2 is 2.00 bits per heavy atom. The van der Waals surface area contributed by atoms with Crippen molar-refractivity contribution in [3.8, 4) is 0 Å². The summed E-state index contributed by atoms with van der Waals surface area (Å²) in [6, 6.07) is 13.7. The standard InChI is InChI=1S/C21H24N2O3/c1-14-8-10-17(21(25)26-3)12-18(14)22-20(24)13-23-15(2)9-11-16-6-4-5-7-19(16)23/h4-8,10,12,15H,9,11,13H2,1-3H3,(H,22,24)/t15-/m0/s1. The van der Waals surface area contributed by atoms with Crippen LogP contribution in [0.15, 0.2) is 42.5 Å². The van der Waals surface area contributed by atoms with Crippen molar-refractivity contribution in [3.63, 3.8) is 0 Å². The third kappa shape index (κ3) is 3.72. The molecule has 1 heterocycles. The number of fused-ring (bicyclic) bond motifs is 1. The van der Waals surface area contributed by atoms with Crippen molar-refractivity contribution in [2.45, 2.75) is 32.7 Å². The highest BCUT2D eigenvalue weighted by atomic mass is 16.5. The average molecular weight is 352 g/mol. The zero-order chi connectivity index (χ0) is 18.7. The first kappa shape index (κ1) is 18.0. The first-order valence-electron chi connectivity index (χ1n) is 8.83. The third-order valence-corrected chi connectivity index (χ3v) is 4.91. The van der Waals surface area contributed by atoms with Crippen LogP contribution in [0.3, 0.4) is 0 Å². The molecule has 1 aliphatic heterocycles. The van der Waals surface area contributed by atoms with Gasteiger partial charge in [0.1, 0.15) is 0 Å². The summed E-state index contributed by atoms with van der Waals surface area (Å²) >= 11 is 0. The molecule has 0 aromatic heterocycles. The van der Waals surface area contributed by atoms with Crippen LogP contribution >= 0.6 is 0 Å². The smallest absolute Gasteiger partial charge is 0.337 e. The number of rotatable bonds is 4. The van der Waals surface area contributed by atoms with Crippen LogP contribution in [0.25, 0.3) is 0 Å². The number of aryl methyl sites for hydroxylation is 2. The topological polar surface area (TPSA) is 58.6 Å². The van der Waals surface area contributed by atoms with E-state index in [0.717, 1.165) is 24.1 Å². The summed E-state index contributed by atoms with van der Waals surface area (Å²) in [4.78, 5) is 26.5. The Morgan fingerprint density at radius 3 is 2.77 bits per heavy atom. The molecule has 5 nitrogen and oxygen atoms in total. The second-order valence-corrected chi connectivity index (χ2v) is 6.71. The van der Waals surface area contributed by atoms with Gasteiger partial charge in [0.15, 0.2) is 0 Å². The number of anilines is 2. The molecule has 0 saturated heterocycles. The molecule has 2 aromatic rings. The van der Waals surface area contributed by atoms with Crippen molar-refractivity contribution < 1.29 is 14.3 Å². The maximum absolute atomic E-state index is 12.7. The molecule has 0 bridgehead atoms. The van der Waals surface area contributed by atoms with Crippen molar-refractivity contribution in [3.05, 3.63) is 59.2 Å². The van der Waals surface area contributed by atoms with E-state index in [1.54, 1.807) is 18.2 Å². The first-order valence-corrected chi connectivity index (χ1v) is 8.83. The number of methoxy groups -OCH3 is 1. The van der Waals surface area contributed by atoms with Gasteiger partial charge in [-0.05, 0) is 56.0 Å². The number of nitrogens with zero attached hydrogens (tertiary/aromatic N) is 1. The van der Waals surface area contributed by atoms with Crippen LogP contribution in [0, 0.1) is 6.92 Å². The van der Waals surface area contributed by atoms with Gasteiger partial charge in [-0.1, -0.05) is 24.3 Å². The molecule has 1 amide bonds. The van der Waals surface area contributed by atoms with Crippen molar-refractivity contribution in [1.29, 1.82) is 0 Å². The van der Waals surface area contributed by atoms with Gasteiger partial charge in [-0.15, -0.1) is 0 Å².